The van der Waals surface area contributed by atoms with Crippen LogP contribution in [-0.2, 0) is 11.0 Å². The fraction of sp³-hybridized carbons (Fsp3) is 0.214. The van der Waals surface area contributed by atoms with Crippen molar-refractivity contribution in [2.24, 2.45) is 0 Å². The summed E-state index contributed by atoms with van der Waals surface area (Å²) in [7, 11) is 0. The molecule has 1 unspecified atom stereocenters. The first kappa shape index (κ1) is 16.5. The normalized spacial score (nSPS) is 12.7. The van der Waals surface area contributed by atoms with Crippen LogP contribution in [0.3, 0.4) is 0 Å². The maximum absolute atomic E-state index is 12.6. The number of halogens is 3. The number of carbonyl (C=O) groups excluding carboxylic acids is 1. The largest absolute Gasteiger partial charge is 0.480 e. The molecule has 0 saturated heterocycles. The topological polar surface area (TPSA) is 84.2 Å². The van der Waals surface area contributed by atoms with Crippen molar-refractivity contribution in [2.45, 2.75) is 19.1 Å². The van der Waals surface area contributed by atoms with Crippen molar-refractivity contribution in [3.63, 3.8) is 0 Å². The minimum Gasteiger partial charge on any atom is -0.480 e. The summed E-state index contributed by atoms with van der Waals surface area (Å²) in [5.41, 5.74) is -0.870. The zero-order chi connectivity index (χ0) is 17.2. The highest BCUT2D eigenvalue weighted by Crippen LogP contribution is 2.30. The van der Waals surface area contributed by atoms with Crippen molar-refractivity contribution in [2.75, 3.05) is 5.32 Å². The lowest BCUT2D eigenvalue weighted by Crippen LogP contribution is -2.16. The van der Waals surface area contributed by atoms with Crippen LogP contribution in [0.5, 0.6) is 0 Å². The molecule has 1 heterocycles. The average Bonchev–Trinajstić information content (AvgIpc) is 2.95. The van der Waals surface area contributed by atoms with Gasteiger partial charge < -0.3 is 10.4 Å². The lowest BCUT2D eigenvalue weighted by Gasteiger charge is -2.09. The van der Waals surface area contributed by atoms with Crippen molar-refractivity contribution in [3.8, 4) is 0 Å². The van der Waals surface area contributed by atoms with E-state index in [2.05, 4.69) is 10.4 Å². The van der Waals surface area contributed by atoms with Gasteiger partial charge in [0.15, 0.2) is 0 Å². The molecule has 0 radical (unpaired) electrons. The molecule has 0 aliphatic rings. The molecule has 23 heavy (non-hydrogen) atoms. The minimum absolute atomic E-state index is 0.0242. The molecule has 1 atom stereocenters. The van der Waals surface area contributed by atoms with E-state index in [1.165, 1.54) is 25.3 Å². The third-order valence-electron chi connectivity index (χ3n) is 3.07. The first-order chi connectivity index (χ1) is 10.7. The standard InChI is InChI=1S/C14H12F3N3O3/c1-8(13(22)23)20-7-9(6-18-20)12(21)19-11-4-2-3-10(5-11)14(15,16)17/h2-8H,1H3,(H,19,21)(H,22,23). The third-order valence-corrected chi connectivity index (χ3v) is 3.07. The summed E-state index contributed by atoms with van der Waals surface area (Å²) in [5.74, 6) is -1.81. The van der Waals surface area contributed by atoms with Crippen molar-refractivity contribution in [1.29, 1.82) is 0 Å². The number of aliphatic carboxylic acids is 1. The highest BCUT2D eigenvalue weighted by atomic mass is 19.4. The molecule has 0 bridgehead atoms. The number of alkyl halides is 3. The van der Waals surface area contributed by atoms with Gasteiger partial charge in [0.2, 0.25) is 0 Å². The molecule has 6 nitrogen and oxygen atoms in total. The molecule has 122 valence electrons. The van der Waals surface area contributed by atoms with Crippen LogP contribution < -0.4 is 5.32 Å². The number of nitrogens with zero attached hydrogens (tertiary/aromatic N) is 2. The Labute approximate surface area is 128 Å². The van der Waals surface area contributed by atoms with Crippen molar-refractivity contribution in [3.05, 3.63) is 47.8 Å². The molecule has 1 aromatic heterocycles. The smallest absolute Gasteiger partial charge is 0.416 e. The average molecular weight is 327 g/mol. The van der Waals surface area contributed by atoms with E-state index in [0.717, 1.165) is 23.0 Å². The Morgan fingerprint density at radius 1 is 1.35 bits per heavy atom. The highest BCUT2D eigenvalue weighted by molar-refractivity contribution is 6.04. The lowest BCUT2D eigenvalue weighted by molar-refractivity contribution is -0.140. The number of aromatic nitrogens is 2. The van der Waals surface area contributed by atoms with Gasteiger partial charge in [-0.3, -0.25) is 9.48 Å². The van der Waals surface area contributed by atoms with Crippen LogP contribution in [0.1, 0.15) is 28.9 Å². The number of carboxylic acids is 1. The predicted molar refractivity (Wildman–Crippen MR) is 74.0 cm³/mol. The summed E-state index contributed by atoms with van der Waals surface area (Å²) < 4.78 is 38.9. The molecule has 0 aliphatic heterocycles. The Bertz CT molecular complexity index is 740. The number of carboxylic acid groups (broad SMARTS) is 1. The molecule has 2 N–H and O–H groups in total. The summed E-state index contributed by atoms with van der Waals surface area (Å²) in [6, 6.07) is 3.22. The number of benzene rings is 1. The SMILES string of the molecule is CC(C(=O)O)n1cc(C(=O)Nc2cccc(C(F)(F)F)c2)cn1. The molecule has 1 amide bonds. The van der Waals surface area contributed by atoms with Gasteiger partial charge in [-0.25, -0.2) is 4.79 Å². The quantitative estimate of drug-likeness (QED) is 0.904. The van der Waals surface area contributed by atoms with E-state index >= 15 is 0 Å². The molecule has 2 aromatic rings. The first-order valence-electron chi connectivity index (χ1n) is 6.44. The monoisotopic (exact) mass is 327 g/mol. The molecule has 0 aliphatic carbocycles. The molecule has 9 heteroatoms. The maximum atomic E-state index is 12.6. The van der Waals surface area contributed by atoms with E-state index in [1.54, 1.807) is 0 Å². The van der Waals surface area contributed by atoms with Gasteiger partial charge in [-0.15, -0.1) is 0 Å². The summed E-state index contributed by atoms with van der Waals surface area (Å²) in [6.07, 6.45) is -2.16. The molecule has 0 fully saturated rings. The number of hydrogen-bond donors (Lipinski definition) is 2. The van der Waals surface area contributed by atoms with E-state index in [9.17, 15) is 22.8 Å². The first-order valence-corrected chi connectivity index (χ1v) is 6.44. The highest BCUT2D eigenvalue weighted by Gasteiger charge is 2.30. The second-order valence-corrected chi connectivity index (χ2v) is 4.76. The number of nitrogens with one attached hydrogen (secondary N) is 1. The van der Waals surface area contributed by atoms with E-state index in [1.807, 2.05) is 0 Å². The fourth-order valence-electron chi connectivity index (χ4n) is 1.76. The van der Waals surface area contributed by atoms with E-state index in [-0.39, 0.29) is 11.3 Å². The van der Waals surface area contributed by atoms with Crippen molar-refractivity contribution < 1.29 is 27.9 Å². The summed E-state index contributed by atoms with van der Waals surface area (Å²) in [6.45, 7) is 1.38. The van der Waals surface area contributed by atoms with Crippen LogP contribution in [0.2, 0.25) is 0 Å². The Morgan fingerprint density at radius 2 is 2.04 bits per heavy atom. The zero-order valence-corrected chi connectivity index (χ0v) is 11.8. The molecular formula is C14H12F3N3O3. The van der Waals surface area contributed by atoms with Gasteiger partial charge in [0, 0.05) is 11.9 Å². The van der Waals surface area contributed by atoms with Crippen LogP contribution in [0.15, 0.2) is 36.7 Å². The molecule has 2 rings (SSSR count). The summed E-state index contributed by atoms with van der Waals surface area (Å²) >= 11 is 0. The molecule has 0 spiro atoms. The number of amides is 1. The van der Waals surface area contributed by atoms with Gasteiger partial charge in [0.1, 0.15) is 6.04 Å². The summed E-state index contributed by atoms with van der Waals surface area (Å²) in [4.78, 5) is 22.8. The predicted octanol–water partition coefficient (Wildman–Crippen LogP) is 2.80. The van der Waals surface area contributed by atoms with Crippen LogP contribution >= 0.6 is 0 Å². The van der Waals surface area contributed by atoms with Gasteiger partial charge in [-0.1, -0.05) is 6.07 Å². The third kappa shape index (κ3) is 3.87. The van der Waals surface area contributed by atoms with E-state index < -0.39 is 29.7 Å². The summed E-state index contributed by atoms with van der Waals surface area (Å²) in [5, 5.41) is 14.9. The second kappa shape index (κ2) is 6.11. The Morgan fingerprint density at radius 3 is 2.65 bits per heavy atom. The lowest BCUT2D eigenvalue weighted by atomic mass is 10.2. The van der Waals surface area contributed by atoms with E-state index in [4.69, 9.17) is 5.11 Å². The van der Waals surface area contributed by atoms with Crippen LogP contribution in [0.25, 0.3) is 0 Å². The van der Waals surface area contributed by atoms with Gasteiger partial charge in [-0.2, -0.15) is 18.3 Å². The Hall–Kier alpha value is -2.84. The zero-order valence-electron chi connectivity index (χ0n) is 11.8. The van der Waals surface area contributed by atoms with Crippen LogP contribution in [0, 0.1) is 0 Å². The van der Waals surface area contributed by atoms with Crippen LogP contribution in [0.4, 0.5) is 18.9 Å². The Balaban J connectivity index is 2.15. The van der Waals surface area contributed by atoms with Gasteiger partial charge >= 0.3 is 12.1 Å². The van der Waals surface area contributed by atoms with Gasteiger partial charge in [0.05, 0.1) is 17.3 Å². The number of anilines is 1. The molecule has 0 saturated carbocycles. The maximum Gasteiger partial charge on any atom is 0.416 e. The number of rotatable bonds is 4. The number of hydrogen-bond acceptors (Lipinski definition) is 3. The molecule has 1 aromatic carbocycles. The van der Waals surface area contributed by atoms with Gasteiger partial charge in [0.25, 0.3) is 5.91 Å². The van der Waals surface area contributed by atoms with Crippen LogP contribution in [-0.4, -0.2) is 26.8 Å². The minimum atomic E-state index is -4.51. The van der Waals surface area contributed by atoms with E-state index in [0.29, 0.717) is 0 Å². The van der Waals surface area contributed by atoms with Gasteiger partial charge in [-0.05, 0) is 25.1 Å². The number of carbonyl (C=O) groups is 2. The van der Waals surface area contributed by atoms with Crippen molar-refractivity contribution >= 4 is 17.6 Å². The Kier molecular flexibility index (Phi) is 4.39. The molecular weight excluding hydrogens is 315 g/mol. The second-order valence-electron chi connectivity index (χ2n) is 4.76. The van der Waals surface area contributed by atoms with Crippen molar-refractivity contribution in [1.82, 2.24) is 9.78 Å². The fourth-order valence-corrected chi connectivity index (χ4v) is 1.76.